The third kappa shape index (κ3) is 2.61. The Kier molecular flexibility index (Phi) is 3.42. The van der Waals surface area contributed by atoms with E-state index in [1.165, 1.54) is 12.1 Å². The molecule has 2 aromatic rings. The van der Waals surface area contributed by atoms with E-state index < -0.39 is 16.4 Å². The van der Waals surface area contributed by atoms with E-state index in [2.05, 4.69) is 5.10 Å². The van der Waals surface area contributed by atoms with E-state index in [1.807, 2.05) is 5.43 Å². The first-order chi connectivity index (χ1) is 9.49. The fourth-order valence-corrected chi connectivity index (χ4v) is 1.50. The number of nitro groups is 1. The number of primary amides is 1. The molecule has 102 valence electrons. The number of carbonyl (C=O) groups excluding carboxylic acids is 1. The highest BCUT2D eigenvalue weighted by atomic mass is 16.6. The number of urea groups is 1. The third-order valence-electron chi connectivity index (χ3n) is 2.37. The van der Waals surface area contributed by atoms with Gasteiger partial charge in [-0.25, -0.2) is 10.2 Å². The predicted molar refractivity (Wildman–Crippen MR) is 69.5 cm³/mol. The number of nitrogens with one attached hydrogen (secondary N) is 1. The van der Waals surface area contributed by atoms with Gasteiger partial charge in [-0.2, -0.15) is 5.10 Å². The molecule has 0 aliphatic carbocycles. The second kappa shape index (κ2) is 5.18. The molecule has 2 rings (SSSR count). The molecule has 0 fully saturated rings. The van der Waals surface area contributed by atoms with Crippen molar-refractivity contribution in [3.63, 3.8) is 0 Å². The molecule has 2 amide bonds. The van der Waals surface area contributed by atoms with Gasteiger partial charge in [0, 0.05) is 12.1 Å². The van der Waals surface area contributed by atoms with Crippen LogP contribution in [0, 0.1) is 10.1 Å². The summed E-state index contributed by atoms with van der Waals surface area (Å²) in [4.78, 5) is 32.5. The van der Waals surface area contributed by atoms with Crippen molar-refractivity contribution in [3.8, 4) is 0 Å². The molecule has 1 aromatic heterocycles. The SMILES string of the molecule is NC(=O)NN=Cc1coc2ccc([N+](=O)[O-])cc2c1=O. The second-order valence-electron chi connectivity index (χ2n) is 3.69. The fraction of sp³-hybridized carbons (Fsp3) is 0. The van der Waals surface area contributed by atoms with Crippen molar-refractivity contribution in [2.75, 3.05) is 0 Å². The van der Waals surface area contributed by atoms with Crippen LogP contribution in [0.3, 0.4) is 0 Å². The zero-order valence-electron chi connectivity index (χ0n) is 9.90. The van der Waals surface area contributed by atoms with Crippen molar-refractivity contribution in [2.45, 2.75) is 0 Å². The molecule has 20 heavy (non-hydrogen) atoms. The largest absolute Gasteiger partial charge is 0.463 e. The van der Waals surface area contributed by atoms with Crippen LogP contribution < -0.4 is 16.6 Å². The number of rotatable bonds is 3. The zero-order valence-corrected chi connectivity index (χ0v) is 9.90. The van der Waals surface area contributed by atoms with Crippen molar-refractivity contribution in [2.24, 2.45) is 10.8 Å². The highest BCUT2D eigenvalue weighted by Crippen LogP contribution is 2.18. The lowest BCUT2D eigenvalue weighted by atomic mass is 10.1. The minimum absolute atomic E-state index is 0.0201. The summed E-state index contributed by atoms with van der Waals surface area (Å²) >= 11 is 0. The Labute approximate surface area is 110 Å². The summed E-state index contributed by atoms with van der Waals surface area (Å²) in [7, 11) is 0. The van der Waals surface area contributed by atoms with Crippen LogP contribution in [0.5, 0.6) is 0 Å². The molecular formula is C11H8N4O5. The number of hydrogen-bond acceptors (Lipinski definition) is 6. The highest BCUT2D eigenvalue weighted by Gasteiger charge is 2.11. The minimum Gasteiger partial charge on any atom is -0.463 e. The number of fused-ring (bicyclic) bond motifs is 1. The first-order valence-corrected chi connectivity index (χ1v) is 5.27. The van der Waals surface area contributed by atoms with Gasteiger partial charge in [0.25, 0.3) is 5.69 Å². The normalized spacial score (nSPS) is 10.8. The summed E-state index contributed by atoms with van der Waals surface area (Å²) in [6.07, 6.45) is 2.16. The van der Waals surface area contributed by atoms with Crippen LogP contribution in [0.1, 0.15) is 5.56 Å². The number of carbonyl (C=O) groups is 1. The summed E-state index contributed by atoms with van der Waals surface area (Å²) in [6.45, 7) is 0. The van der Waals surface area contributed by atoms with E-state index >= 15 is 0 Å². The fourth-order valence-electron chi connectivity index (χ4n) is 1.50. The number of hydrazone groups is 1. The van der Waals surface area contributed by atoms with Crippen molar-refractivity contribution >= 4 is 28.9 Å². The number of nitrogens with two attached hydrogens (primary N) is 1. The van der Waals surface area contributed by atoms with Crippen molar-refractivity contribution in [1.29, 1.82) is 0 Å². The molecule has 0 aliphatic heterocycles. The first kappa shape index (κ1) is 13.2. The van der Waals surface area contributed by atoms with E-state index in [4.69, 9.17) is 10.2 Å². The number of amides is 2. The molecule has 3 N–H and O–H groups in total. The minimum atomic E-state index is -0.887. The van der Waals surface area contributed by atoms with Gasteiger partial charge in [0.1, 0.15) is 11.8 Å². The van der Waals surface area contributed by atoms with Crippen LogP contribution in [0.4, 0.5) is 10.5 Å². The van der Waals surface area contributed by atoms with Gasteiger partial charge in [0.2, 0.25) is 5.43 Å². The lowest BCUT2D eigenvalue weighted by Gasteiger charge is -1.98. The molecule has 9 nitrogen and oxygen atoms in total. The molecule has 0 atom stereocenters. The first-order valence-electron chi connectivity index (χ1n) is 5.27. The molecule has 0 radical (unpaired) electrons. The van der Waals surface area contributed by atoms with E-state index in [0.717, 1.165) is 18.5 Å². The summed E-state index contributed by atoms with van der Waals surface area (Å²) in [6, 6.07) is 2.78. The van der Waals surface area contributed by atoms with E-state index in [0.29, 0.717) is 0 Å². The smallest absolute Gasteiger partial charge is 0.332 e. The molecule has 0 unspecified atom stereocenters. The maximum Gasteiger partial charge on any atom is 0.332 e. The average Bonchev–Trinajstić information content (AvgIpc) is 2.40. The number of hydrogen-bond donors (Lipinski definition) is 2. The molecule has 0 spiro atoms. The molecule has 0 saturated carbocycles. The van der Waals surface area contributed by atoms with Crippen LogP contribution in [-0.4, -0.2) is 17.2 Å². The van der Waals surface area contributed by atoms with Crippen LogP contribution >= 0.6 is 0 Å². The Hall–Kier alpha value is -3.23. The molecule has 0 aliphatic rings. The summed E-state index contributed by atoms with van der Waals surface area (Å²) in [5, 5.41) is 14.1. The monoisotopic (exact) mass is 276 g/mol. The number of benzene rings is 1. The van der Waals surface area contributed by atoms with Gasteiger partial charge in [-0.1, -0.05) is 0 Å². The van der Waals surface area contributed by atoms with E-state index in [-0.39, 0.29) is 22.2 Å². The molecule has 0 saturated heterocycles. The lowest BCUT2D eigenvalue weighted by Crippen LogP contribution is -2.24. The van der Waals surface area contributed by atoms with Crippen LogP contribution in [0.25, 0.3) is 11.0 Å². The molecule has 1 aromatic carbocycles. The van der Waals surface area contributed by atoms with Crippen molar-refractivity contribution in [1.82, 2.24) is 5.43 Å². The average molecular weight is 276 g/mol. The molecular weight excluding hydrogens is 268 g/mol. The Bertz CT molecular complexity index is 780. The molecule has 1 heterocycles. The second-order valence-corrected chi connectivity index (χ2v) is 3.69. The van der Waals surface area contributed by atoms with Crippen molar-refractivity contribution < 1.29 is 14.1 Å². The third-order valence-corrected chi connectivity index (χ3v) is 2.37. The number of nitro benzene ring substituents is 1. The summed E-state index contributed by atoms with van der Waals surface area (Å²) in [5.41, 5.74) is 6.21. The van der Waals surface area contributed by atoms with Gasteiger partial charge in [0.05, 0.1) is 22.1 Å². The van der Waals surface area contributed by atoms with Crippen LogP contribution in [0.2, 0.25) is 0 Å². The quantitative estimate of drug-likeness (QED) is 0.482. The number of nitrogens with zero attached hydrogens (tertiary/aromatic N) is 2. The van der Waals surface area contributed by atoms with Gasteiger partial charge in [-0.3, -0.25) is 14.9 Å². The lowest BCUT2D eigenvalue weighted by molar-refractivity contribution is -0.384. The van der Waals surface area contributed by atoms with Crippen molar-refractivity contribution in [3.05, 3.63) is 50.4 Å². The predicted octanol–water partition coefficient (Wildman–Crippen LogP) is 0.703. The Balaban J connectivity index is 2.51. The van der Waals surface area contributed by atoms with Gasteiger partial charge < -0.3 is 10.2 Å². The standard InChI is InChI=1S/C11H8N4O5/c12-11(17)14-13-4-6-5-20-9-2-1-7(15(18)19)3-8(9)10(6)16/h1-5H,(H3,12,14,17). The van der Waals surface area contributed by atoms with Crippen LogP contribution in [0.15, 0.2) is 38.8 Å². The van der Waals surface area contributed by atoms with E-state index in [1.54, 1.807) is 0 Å². The molecule has 9 heteroatoms. The van der Waals surface area contributed by atoms with E-state index in [9.17, 15) is 19.7 Å². The van der Waals surface area contributed by atoms with Gasteiger partial charge >= 0.3 is 6.03 Å². The summed E-state index contributed by atoms with van der Waals surface area (Å²) in [5.74, 6) is 0. The maximum absolute atomic E-state index is 12.1. The molecule has 0 bridgehead atoms. The number of non-ortho nitro benzene ring substituents is 1. The Morgan fingerprint density at radius 1 is 1.50 bits per heavy atom. The Morgan fingerprint density at radius 3 is 2.90 bits per heavy atom. The topological polar surface area (TPSA) is 141 Å². The zero-order chi connectivity index (χ0) is 14.7. The summed E-state index contributed by atoms with van der Waals surface area (Å²) < 4.78 is 5.16. The van der Waals surface area contributed by atoms with Gasteiger partial charge in [-0.05, 0) is 6.07 Å². The van der Waals surface area contributed by atoms with Gasteiger partial charge in [0.15, 0.2) is 0 Å². The highest BCUT2D eigenvalue weighted by molar-refractivity contribution is 5.87. The maximum atomic E-state index is 12.1. The van der Waals surface area contributed by atoms with Gasteiger partial charge in [-0.15, -0.1) is 0 Å². The van der Waals surface area contributed by atoms with Crippen LogP contribution in [-0.2, 0) is 0 Å². The Morgan fingerprint density at radius 2 is 2.25 bits per heavy atom.